The van der Waals surface area contributed by atoms with Crippen LogP contribution in [0.15, 0.2) is 36.4 Å². The zero-order valence-corrected chi connectivity index (χ0v) is 22.8. The quantitative estimate of drug-likeness (QED) is 0.386. The average Bonchev–Trinajstić information content (AvgIpc) is 2.98. The molecule has 0 aliphatic carbocycles. The number of aromatic hydroxyl groups is 2. The Labute approximate surface area is 233 Å². The minimum absolute atomic E-state index is 0.0142. The summed E-state index contributed by atoms with van der Waals surface area (Å²) in [5.74, 6) is -0.391. The second-order valence-electron chi connectivity index (χ2n) is 9.47. The number of anilines is 2. The molecule has 0 atom stereocenters. The van der Waals surface area contributed by atoms with Gasteiger partial charge < -0.3 is 34.2 Å². The standard InChI is InChI=1S/C16H22N2O4.C12H14ClNO3/c19-15-11-13(18-5-9-22-10-6-18)1-2-14(15)16(20)12-17-3-7-21-8-4-17;13-8-12(16)10-2-1-9(7-11(10)15)14-3-5-17-6-4-14/h1-2,11,19H,3-10,12H2;1-2,7,15H,3-6,8H2. The molecule has 0 saturated carbocycles. The topological polar surface area (TPSA) is 112 Å². The molecule has 0 spiro atoms. The Morgan fingerprint density at radius 2 is 1.08 bits per heavy atom. The number of hydrogen-bond donors (Lipinski definition) is 2. The van der Waals surface area contributed by atoms with Crippen molar-refractivity contribution in [2.75, 3.05) is 101 Å². The minimum Gasteiger partial charge on any atom is -0.507 e. The molecular formula is C28H36ClN3O7. The molecule has 10 nitrogen and oxygen atoms in total. The second kappa shape index (κ2) is 14.5. The van der Waals surface area contributed by atoms with Gasteiger partial charge in [-0.05, 0) is 24.3 Å². The number of Topliss-reactive ketones (excluding diaryl/α,β-unsaturated/α-hetero) is 2. The van der Waals surface area contributed by atoms with E-state index in [1.54, 1.807) is 24.3 Å². The molecule has 3 aliphatic heterocycles. The number of morpholine rings is 3. The SMILES string of the molecule is O=C(CCl)c1ccc(N2CCOCC2)cc1O.O=C(CN1CCOCC1)c1ccc(N2CCOCC2)cc1O. The Morgan fingerprint density at radius 3 is 1.49 bits per heavy atom. The molecule has 212 valence electrons. The van der Waals surface area contributed by atoms with Gasteiger partial charge in [0.1, 0.15) is 11.5 Å². The molecule has 0 aromatic heterocycles. The lowest BCUT2D eigenvalue weighted by Gasteiger charge is -2.29. The third-order valence-corrected chi connectivity index (χ3v) is 7.15. The summed E-state index contributed by atoms with van der Waals surface area (Å²) < 4.78 is 15.9. The summed E-state index contributed by atoms with van der Waals surface area (Å²) >= 11 is 5.46. The first-order chi connectivity index (χ1) is 19.0. The summed E-state index contributed by atoms with van der Waals surface area (Å²) in [5, 5.41) is 20.0. The molecule has 3 fully saturated rings. The normalized spacial score (nSPS) is 18.3. The van der Waals surface area contributed by atoms with Crippen LogP contribution in [-0.2, 0) is 14.2 Å². The first kappa shape index (κ1) is 29.1. The Kier molecular flexibility index (Phi) is 10.8. The number of nitrogens with zero attached hydrogens (tertiary/aromatic N) is 3. The number of benzene rings is 2. The fourth-order valence-electron chi connectivity index (χ4n) is 4.67. The van der Waals surface area contributed by atoms with Gasteiger partial charge in [-0.25, -0.2) is 0 Å². The molecule has 5 rings (SSSR count). The van der Waals surface area contributed by atoms with Crippen LogP contribution in [-0.4, -0.2) is 118 Å². The summed E-state index contributed by atoms with van der Waals surface area (Å²) in [5.41, 5.74) is 2.50. The fourth-order valence-corrected chi connectivity index (χ4v) is 4.81. The van der Waals surface area contributed by atoms with Crippen LogP contribution >= 0.6 is 11.6 Å². The van der Waals surface area contributed by atoms with E-state index in [4.69, 9.17) is 25.8 Å². The van der Waals surface area contributed by atoms with Crippen molar-refractivity contribution in [1.82, 2.24) is 4.90 Å². The van der Waals surface area contributed by atoms with Crippen molar-refractivity contribution in [2.24, 2.45) is 0 Å². The van der Waals surface area contributed by atoms with E-state index in [0.717, 1.165) is 50.6 Å². The van der Waals surface area contributed by atoms with Crippen LogP contribution in [0.3, 0.4) is 0 Å². The van der Waals surface area contributed by atoms with Gasteiger partial charge >= 0.3 is 0 Å². The largest absolute Gasteiger partial charge is 0.507 e. The molecule has 11 heteroatoms. The monoisotopic (exact) mass is 561 g/mol. The van der Waals surface area contributed by atoms with Gasteiger partial charge in [0.2, 0.25) is 0 Å². The van der Waals surface area contributed by atoms with Crippen molar-refractivity contribution in [3.8, 4) is 11.5 Å². The van der Waals surface area contributed by atoms with E-state index in [1.807, 2.05) is 12.1 Å². The maximum absolute atomic E-state index is 12.3. The highest BCUT2D eigenvalue weighted by Crippen LogP contribution is 2.27. The van der Waals surface area contributed by atoms with E-state index in [0.29, 0.717) is 51.7 Å². The van der Waals surface area contributed by atoms with Gasteiger partial charge in [-0.1, -0.05) is 0 Å². The third kappa shape index (κ3) is 8.06. The van der Waals surface area contributed by atoms with Gasteiger partial charge in [0.25, 0.3) is 0 Å². The number of halogens is 1. The summed E-state index contributed by atoms with van der Waals surface area (Å²) in [6, 6.07) is 10.3. The molecule has 3 heterocycles. The summed E-state index contributed by atoms with van der Waals surface area (Å²) in [4.78, 5) is 30.1. The highest BCUT2D eigenvalue weighted by Gasteiger charge is 2.20. The molecule has 0 bridgehead atoms. The van der Waals surface area contributed by atoms with Gasteiger partial charge in [0.05, 0.1) is 63.2 Å². The third-order valence-electron chi connectivity index (χ3n) is 6.91. The zero-order valence-electron chi connectivity index (χ0n) is 22.0. The Balaban J connectivity index is 0.000000187. The van der Waals surface area contributed by atoms with Gasteiger partial charge in [-0.3, -0.25) is 14.5 Å². The number of carbonyl (C=O) groups is 2. The van der Waals surface area contributed by atoms with Crippen LogP contribution < -0.4 is 9.80 Å². The smallest absolute Gasteiger partial charge is 0.181 e. The lowest BCUT2D eigenvalue weighted by Crippen LogP contribution is -2.39. The van der Waals surface area contributed by atoms with Crippen molar-refractivity contribution < 1.29 is 34.0 Å². The highest BCUT2D eigenvalue weighted by molar-refractivity contribution is 6.30. The molecule has 39 heavy (non-hydrogen) atoms. The van der Waals surface area contributed by atoms with Crippen molar-refractivity contribution in [1.29, 1.82) is 0 Å². The Morgan fingerprint density at radius 1 is 0.667 bits per heavy atom. The van der Waals surface area contributed by atoms with E-state index in [1.165, 1.54) is 0 Å². The van der Waals surface area contributed by atoms with Gasteiger partial charge in [-0.2, -0.15) is 0 Å². The number of carbonyl (C=O) groups excluding carboxylic acids is 2. The lowest BCUT2D eigenvalue weighted by molar-refractivity contribution is 0.0370. The Bertz CT molecular complexity index is 1110. The molecular weight excluding hydrogens is 526 g/mol. The summed E-state index contributed by atoms with van der Waals surface area (Å²) in [6.45, 7) is 9.13. The van der Waals surface area contributed by atoms with Crippen LogP contribution in [0.25, 0.3) is 0 Å². The molecule has 0 unspecified atom stereocenters. The number of rotatable bonds is 7. The molecule has 2 aromatic rings. The van der Waals surface area contributed by atoms with Crippen molar-refractivity contribution in [3.63, 3.8) is 0 Å². The second-order valence-corrected chi connectivity index (χ2v) is 9.74. The van der Waals surface area contributed by atoms with E-state index in [2.05, 4.69) is 14.7 Å². The van der Waals surface area contributed by atoms with Crippen molar-refractivity contribution in [2.45, 2.75) is 0 Å². The van der Waals surface area contributed by atoms with Gasteiger partial charge in [0.15, 0.2) is 11.6 Å². The highest BCUT2D eigenvalue weighted by atomic mass is 35.5. The van der Waals surface area contributed by atoms with Crippen molar-refractivity contribution >= 4 is 34.5 Å². The van der Waals surface area contributed by atoms with Crippen LogP contribution in [0.4, 0.5) is 11.4 Å². The average molecular weight is 562 g/mol. The lowest BCUT2D eigenvalue weighted by atomic mass is 10.1. The van der Waals surface area contributed by atoms with E-state index < -0.39 is 0 Å². The van der Waals surface area contributed by atoms with Crippen LogP contribution in [0.5, 0.6) is 11.5 Å². The number of hydrogen-bond acceptors (Lipinski definition) is 10. The van der Waals surface area contributed by atoms with Gasteiger partial charge in [0, 0.05) is 62.8 Å². The number of ketones is 2. The molecule has 2 aromatic carbocycles. The minimum atomic E-state index is -0.266. The zero-order chi connectivity index (χ0) is 27.6. The summed E-state index contributed by atoms with van der Waals surface area (Å²) in [7, 11) is 0. The van der Waals surface area contributed by atoms with E-state index in [-0.39, 0.29) is 34.5 Å². The number of phenols is 2. The van der Waals surface area contributed by atoms with E-state index >= 15 is 0 Å². The van der Waals surface area contributed by atoms with Crippen LogP contribution in [0, 0.1) is 0 Å². The van der Waals surface area contributed by atoms with Crippen LogP contribution in [0.2, 0.25) is 0 Å². The molecule has 3 saturated heterocycles. The predicted octanol–water partition coefficient (Wildman–Crippen LogP) is 2.39. The molecule has 3 aliphatic rings. The molecule has 0 amide bonds. The molecule has 2 N–H and O–H groups in total. The number of phenolic OH excluding ortho intramolecular Hbond substituents is 2. The first-order valence-electron chi connectivity index (χ1n) is 13.2. The maximum atomic E-state index is 12.3. The Hall–Kier alpha value is -2.89. The number of ether oxygens (including phenoxy) is 3. The van der Waals surface area contributed by atoms with Crippen molar-refractivity contribution in [3.05, 3.63) is 47.5 Å². The predicted molar refractivity (Wildman–Crippen MR) is 149 cm³/mol. The fraction of sp³-hybridized carbons (Fsp3) is 0.500. The number of alkyl halides is 1. The van der Waals surface area contributed by atoms with Crippen LogP contribution in [0.1, 0.15) is 20.7 Å². The first-order valence-corrected chi connectivity index (χ1v) is 13.7. The van der Waals surface area contributed by atoms with E-state index in [9.17, 15) is 19.8 Å². The van der Waals surface area contributed by atoms with Gasteiger partial charge in [-0.15, -0.1) is 11.6 Å². The molecule has 0 radical (unpaired) electrons. The summed E-state index contributed by atoms with van der Waals surface area (Å²) in [6.07, 6.45) is 0. The maximum Gasteiger partial charge on any atom is 0.181 e.